The molecule has 0 bridgehead atoms. The van der Waals surface area contributed by atoms with Crippen molar-refractivity contribution in [2.75, 3.05) is 32.7 Å². The summed E-state index contributed by atoms with van der Waals surface area (Å²) in [5, 5.41) is 5.18. The first-order chi connectivity index (χ1) is 9.92. The van der Waals surface area contributed by atoms with E-state index >= 15 is 0 Å². The van der Waals surface area contributed by atoms with E-state index in [0.717, 1.165) is 21.9 Å². The summed E-state index contributed by atoms with van der Waals surface area (Å²) < 4.78 is 27.1. The maximum Gasteiger partial charge on any atom is 0.264 e. The lowest BCUT2D eigenvalue weighted by Crippen LogP contribution is -2.51. The third-order valence-corrected chi connectivity index (χ3v) is 5.53. The molecule has 0 saturated carbocycles. The number of halogens is 2. The summed E-state index contributed by atoms with van der Waals surface area (Å²) in [5.41, 5.74) is 0. The third kappa shape index (κ3) is 3.41. The normalized spacial score (nSPS) is 17.6. The summed E-state index contributed by atoms with van der Waals surface area (Å²) in [4.78, 5) is 16.7. The van der Waals surface area contributed by atoms with E-state index in [1.165, 1.54) is 11.3 Å². The number of alkyl halides is 2. The van der Waals surface area contributed by atoms with Crippen LogP contribution in [0.4, 0.5) is 8.78 Å². The monoisotopic (exact) mass is 330 g/mol. The maximum atomic E-state index is 13.0. The highest BCUT2D eigenvalue weighted by atomic mass is 32.1. The molecule has 3 heterocycles. The van der Waals surface area contributed by atoms with E-state index in [9.17, 15) is 13.6 Å². The molecule has 1 amide bonds. The van der Waals surface area contributed by atoms with E-state index in [4.69, 9.17) is 0 Å². The van der Waals surface area contributed by atoms with Crippen LogP contribution >= 0.6 is 22.7 Å². The Morgan fingerprint density at radius 1 is 1.29 bits per heavy atom. The van der Waals surface area contributed by atoms with Crippen molar-refractivity contribution in [1.29, 1.82) is 0 Å². The number of rotatable bonds is 3. The summed E-state index contributed by atoms with van der Waals surface area (Å²) in [6.07, 6.45) is 0. The highest BCUT2D eigenvalue weighted by Crippen LogP contribution is 2.29. The molecule has 0 aliphatic carbocycles. The number of amides is 1. The average Bonchev–Trinajstić information content (AvgIpc) is 2.97. The van der Waals surface area contributed by atoms with Gasteiger partial charge in [-0.15, -0.1) is 11.3 Å². The highest BCUT2D eigenvalue weighted by Gasteiger charge is 2.29. The number of thiophene rings is 2. The molecule has 1 aliphatic rings. The van der Waals surface area contributed by atoms with E-state index in [0.29, 0.717) is 26.2 Å². The van der Waals surface area contributed by atoms with Gasteiger partial charge >= 0.3 is 0 Å². The fourth-order valence-corrected chi connectivity index (χ4v) is 4.51. The van der Waals surface area contributed by atoms with Gasteiger partial charge in [-0.25, -0.2) is 8.78 Å². The first kappa shape index (κ1) is 14.9. The lowest BCUT2D eigenvalue weighted by atomic mass is 10.2. The van der Waals surface area contributed by atoms with Gasteiger partial charge in [-0.2, -0.15) is 11.3 Å². The fourth-order valence-electron chi connectivity index (χ4n) is 2.54. The van der Waals surface area contributed by atoms with Gasteiger partial charge < -0.3 is 4.90 Å². The zero-order valence-corrected chi connectivity index (χ0v) is 13.3. The van der Waals surface area contributed by atoms with Gasteiger partial charge in [0.2, 0.25) is 0 Å². The molecule has 0 unspecified atom stereocenters. The topological polar surface area (TPSA) is 23.6 Å². The highest BCUT2D eigenvalue weighted by molar-refractivity contribution is 7.24. The summed E-state index contributed by atoms with van der Waals surface area (Å²) in [5.74, 6) is -2.66. The van der Waals surface area contributed by atoms with Crippen LogP contribution in [-0.2, 0) is 0 Å². The molecule has 1 fully saturated rings. The molecule has 2 aromatic rings. The van der Waals surface area contributed by atoms with E-state index in [1.807, 2.05) is 16.8 Å². The smallest absolute Gasteiger partial charge is 0.264 e. The number of hydrogen-bond donors (Lipinski definition) is 0. The Labute approximate surface area is 129 Å². The average molecular weight is 330 g/mol. The van der Waals surface area contributed by atoms with Crippen LogP contribution in [0.2, 0.25) is 0 Å². The van der Waals surface area contributed by atoms with Crippen LogP contribution in [0, 0.1) is 0 Å². The SMILES string of the molecule is CC(F)(F)CN1CCN(C(=O)c2cc3cscc3s2)CC1. The van der Waals surface area contributed by atoms with Gasteiger partial charge in [-0.3, -0.25) is 9.69 Å². The molecular weight excluding hydrogens is 314 g/mol. The molecule has 3 nitrogen and oxygen atoms in total. The minimum absolute atomic E-state index is 0.0177. The van der Waals surface area contributed by atoms with Gasteiger partial charge in [0.05, 0.1) is 11.4 Å². The number of nitrogens with zero attached hydrogens (tertiary/aromatic N) is 2. The molecule has 7 heteroatoms. The number of hydrogen-bond acceptors (Lipinski definition) is 4. The van der Waals surface area contributed by atoms with Crippen LogP contribution in [0.5, 0.6) is 0 Å². The van der Waals surface area contributed by atoms with Crippen LogP contribution in [0.15, 0.2) is 16.8 Å². The van der Waals surface area contributed by atoms with Gasteiger partial charge in [0.1, 0.15) is 0 Å². The molecule has 0 N–H and O–H groups in total. The first-order valence-electron chi connectivity index (χ1n) is 6.77. The maximum absolute atomic E-state index is 13.0. The zero-order chi connectivity index (χ0) is 15.0. The fraction of sp³-hybridized carbons (Fsp3) is 0.500. The number of carbonyl (C=O) groups excluding carboxylic acids is 1. The lowest BCUT2D eigenvalue weighted by molar-refractivity contribution is -0.0240. The Balaban J connectivity index is 1.61. The second kappa shape index (κ2) is 5.62. The van der Waals surface area contributed by atoms with E-state index < -0.39 is 5.92 Å². The Morgan fingerprint density at radius 2 is 2.00 bits per heavy atom. The van der Waals surface area contributed by atoms with Crippen molar-refractivity contribution in [2.24, 2.45) is 0 Å². The molecule has 1 aliphatic heterocycles. The van der Waals surface area contributed by atoms with Crippen LogP contribution in [0.3, 0.4) is 0 Å². The molecule has 0 spiro atoms. The predicted octanol–water partition coefficient (Wildman–Crippen LogP) is 3.38. The van der Waals surface area contributed by atoms with Gasteiger partial charge in [-0.05, 0) is 11.4 Å². The quantitative estimate of drug-likeness (QED) is 0.861. The Morgan fingerprint density at radius 3 is 2.62 bits per heavy atom. The van der Waals surface area contributed by atoms with Crippen LogP contribution in [0.1, 0.15) is 16.6 Å². The van der Waals surface area contributed by atoms with Crippen molar-refractivity contribution in [3.8, 4) is 0 Å². The van der Waals surface area contributed by atoms with Gasteiger partial charge in [0, 0.05) is 48.6 Å². The number of carbonyl (C=O) groups is 1. The van der Waals surface area contributed by atoms with E-state index in [1.54, 1.807) is 21.1 Å². The van der Waals surface area contributed by atoms with Crippen LogP contribution in [-0.4, -0.2) is 54.4 Å². The van der Waals surface area contributed by atoms with Crippen molar-refractivity contribution in [1.82, 2.24) is 9.80 Å². The minimum Gasteiger partial charge on any atom is -0.335 e. The summed E-state index contributed by atoms with van der Waals surface area (Å²) >= 11 is 3.13. The lowest BCUT2D eigenvalue weighted by Gasteiger charge is -2.35. The molecule has 1 saturated heterocycles. The Bertz CT molecular complexity index is 610. The predicted molar refractivity (Wildman–Crippen MR) is 82.7 cm³/mol. The molecule has 0 radical (unpaired) electrons. The second-order valence-corrected chi connectivity index (χ2v) is 7.27. The van der Waals surface area contributed by atoms with Crippen LogP contribution in [0.25, 0.3) is 10.1 Å². The van der Waals surface area contributed by atoms with Gasteiger partial charge in [0.15, 0.2) is 0 Å². The molecule has 2 aromatic heterocycles. The molecule has 0 aromatic carbocycles. The van der Waals surface area contributed by atoms with Crippen molar-refractivity contribution in [2.45, 2.75) is 12.8 Å². The minimum atomic E-state index is -2.68. The largest absolute Gasteiger partial charge is 0.335 e. The van der Waals surface area contributed by atoms with Crippen LogP contribution < -0.4 is 0 Å². The van der Waals surface area contributed by atoms with Gasteiger partial charge in [0.25, 0.3) is 11.8 Å². The van der Waals surface area contributed by atoms with Gasteiger partial charge in [-0.1, -0.05) is 0 Å². The van der Waals surface area contributed by atoms with Crippen molar-refractivity contribution >= 4 is 38.7 Å². The number of piperazine rings is 1. The number of fused-ring (bicyclic) bond motifs is 1. The van der Waals surface area contributed by atoms with Crippen molar-refractivity contribution in [3.63, 3.8) is 0 Å². The molecular formula is C14H16F2N2OS2. The first-order valence-corrected chi connectivity index (χ1v) is 8.53. The molecule has 3 rings (SSSR count). The Kier molecular flexibility index (Phi) is 3.98. The molecule has 0 atom stereocenters. The molecule has 21 heavy (non-hydrogen) atoms. The zero-order valence-electron chi connectivity index (χ0n) is 11.6. The summed E-state index contributed by atoms with van der Waals surface area (Å²) in [6.45, 7) is 2.74. The standard InChI is InChI=1S/C14H16F2N2OS2/c1-14(15,16)9-17-2-4-18(5-3-17)13(19)11-6-10-7-20-8-12(10)21-11/h6-8H,2-5,9H2,1H3. The Hall–Kier alpha value is -1.05. The third-order valence-electron chi connectivity index (χ3n) is 3.53. The van der Waals surface area contributed by atoms with E-state index in [-0.39, 0.29) is 12.5 Å². The summed E-state index contributed by atoms with van der Waals surface area (Å²) in [7, 11) is 0. The summed E-state index contributed by atoms with van der Waals surface area (Å²) in [6, 6.07) is 1.92. The molecule has 114 valence electrons. The van der Waals surface area contributed by atoms with Crippen molar-refractivity contribution < 1.29 is 13.6 Å². The second-order valence-electron chi connectivity index (χ2n) is 5.44. The van der Waals surface area contributed by atoms with Crippen molar-refractivity contribution in [3.05, 3.63) is 21.7 Å². The van der Waals surface area contributed by atoms with E-state index in [2.05, 4.69) is 0 Å².